The first kappa shape index (κ1) is 14.1. The summed E-state index contributed by atoms with van der Waals surface area (Å²) in [4.78, 5) is 19.3. The molecule has 0 aromatic rings. The van der Waals surface area contributed by atoms with E-state index < -0.39 is 33.0 Å². The third kappa shape index (κ3) is 33.7. The van der Waals surface area contributed by atoms with Crippen molar-refractivity contribution in [2.45, 2.75) is 12.8 Å². The van der Waals surface area contributed by atoms with E-state index in [2.05, 4.69) is 0 Å². The Bertz CT molecular complexity index is 128. The van der Waals surface area contributed by atoms with Crippen LogP contribution >= 0.6 is 0 Å². The van der Waals surface area contributed by atoms with Crippen molar-refractivity contribution >= 4 is 11.9 Å². The molecule has 0 rings (SSSR count). The quantitative estimate of drug-likeness (QED) is 0.440. The van der Waals surface area contributed by atoms with Crippen molar-refractivity contribution in [2.24, 2.45) is 0 Å². The molecule has 0 amide bonds. The predicted octanol–water partition coefficient (Wildman–Crippen LogP) is -6.00. The second kappa shape index (κ2) is 8.64. The first-order chi connectivity index (χ1) is 5.36. The van der Waals surface area contributed by atoms with Crippen molar-refractivity contribution in [3.8, 4) is 0 Å². The Balaban J connectivity index is 0. The van der Waals surface area contributed by atoms with Crippen LogP contribution in [0.25, 0.3) is 0 Å². The molecule has 0 aliphatic heterocycles. The van der Waals surface area contributed by atoms with E-state index in [1.807, 2.05) is 0 Å². The van der Waals surface area contributed by atoms with Crippen molar-refractivity contribution in [1.82, 2.24) is 0 Å². The highest BCUT2D eigenvalue weighted by molar-refractivity contribution is 5.75. The lowest BCUT2D eigenvalue weighted by Gasteiger charge is -1.85. The lowest BCUT2D eigenvalue weighted by molar-refractivity contribution is -1.63. The molecular weight excluding hydrogens is 287 g/mol. The van der Waals surface area contributed by atoms with E-state index in [0.29, 0.717) is 0 Å². The van der Waals surface area contributed by atoms with Gasteiger partial charge >= 0.3 is 33.0 Å². The Hall–Kier alpha value is -0.450. The van der Waals surface area contributed by atoms with Crippen LogP contribution in [0.4, 0.5) is 0 Å². The first-order valence-corrected chi connectivity index (χ1v) is 5.27. The molecule has 3 N–H and O–H groups in total. The number of hydrogen-bond acceptors (Lipinski definition) is 5. The molecule has 0 aromatic carbocycles. The van der Waals surface area contributed by atoms with Crippen molar-refractivity contribution < 1.29 is 51.2 Å². The van der Waals surface area contributed by atoms with Gasteiger partial charge in [-0.05, 0) is 3.44 Å². The second-order valence-corrected chi connectivity index (χ2v) is 2.64. The molecule has 0 aliphatic carbocycles. The van der Waals surface area contributed by atoms with Crippen molar-refractivity contribution in [2.75, 3.05) is 0 Å². The van der Waals surface area contributed by atoms with E-state index >= 15 is 0 Å². The van der Waals surface area contributed by atoms with Gasteiger partial charge in [-0.15, -0.1) is 0 Å². The summed E-state index contributed by atoms with van der Waals surface area (Å²) in [5, 5.41) is 15.8. The molecule has 0 aromatic heterocycles. The van der Waals surface area contributed by atoms with Crippen LogP contribution in [0, 0.1) is 0 Å². The fourth-order valence-electron chi connectivity index (χ4n) is 0.214. The van der Waals surface area contributed by atoms with Gasteiger partial charge in [-0.3, -0.25) is 9.59 Å². The molecule has 0 fully saturated rings. The van der Waals surface area contributed by atoms with E-state index in [1.54, 1.807) is 0 Å². The van der Waals surface area contributed by atoms with E-state index in [-0.39, 0.29) is 12.8 Å². The molecule has 0 heterocycles. The van der Waals surface area contributed by atoms with Gasteiger partial charge in [0.1, 0.15) is 0 Å². The highest BCUT2D eigenvalue weighted by atomic mass is 127. The fourth-order valence-corrected chi connectivity index (χ4v) is 0.214. The zero-order valence-corrected chi connectivity index (χ0v) is 7.92. The van der Waals surface area contributed by atoms with Gasteiger partial charge in [-0.2, -0.15) is 0 Å². The Kier molecular flexibility index (Phi) is 10.2. The molecule has 0 atom stereocenters. The molecule has 0 bridgehead atoms. The highest BCUT2D eigenvalue weighted by Crippen LogP contribution is 1.85. The van der Waals surface area contributed by atoms with Gasteiger partial charge in [-0.25, -0.2) is 0 Å². The van der Waals surface area contributed by atoms with Gasteiger partial charge in [0.2, 0.25) is 0 Å². The summed E-state index contributed by atoms with van der Waals surface area (Å²) in [6.07, 6.45) is -0.593. The van der Waals surface area contributed by atoms with Crippen LogP contribution in [0.3, 0.4) is 0 Å². The number of rotatable bonds is 3. The van der Waals surface area contributed by atoms with Crippen LogP contribution in [0.5, 0.6) is 0 Å². The minimum Gasteiger partial charge on any atom is -0.481 e. The summed E-state index contributed by atoms with van der Waals surface area (Å²) in [5.41, 5.74) is 0. The van der Waals surface area contributed by atoms with E-state index in [1.165, 1.54) is 0 Å². The largest absolute Gasteiger partial charge is 0.503 e. The van der Waals surface area contributed by atoms with Crippen LogP contribution in [-0.2, 0) is 9.59 Å². The molecule has 72 valence electrons. The molecule has 0 radical (unpaired) electrons. The van der Waals surface area contributed by atoms with Gasteiger partial charge in [0, 0.05) is 0 Å². The second-order valence-electron chi connectivity index (χ2n) is 1.49. The average Bonchev–Trinajstić information content (AvgIpc) is 1.82. The molecule has 0 unspecified atom stereocenters. The van der Waals surface area contributed by atoms with Crippen molar-refractivity contribution in [3.63, 3.8) is 0 Å². The number of hydrogen-bond donors (Lipinski definition) is 3. The van der Waals surface area contributed by atoms with Gasteiger partial charge < -0.3 is 17.1 Å². The lowest BCUT2D eigenvalue weighted by atomic mass is 10.3. The molecule has 8 heteroatoms. The smallest absolute Gasteiger partial charge is 0.481 e. The van der Waals surface area contributed by atoms with E-state index in [0.717, 1.165) is 0 Å². The summed E-state index contributed by atoms with van der Waals surface area (Å²) in [7, 11) is 0. The normalized spacial score (nSPS) is 8.67. The predicted molar refractivity (Wildman–Crippen MR) is 26.7 cm³/mol. The van der Waals surface area contributed by atoms with Crippen LogP contribution in [-0.4, -0.2) is 25.6 Å². The standard InChI is InChI=1S/C4H6O4.HIO3/c5-3(6)1-2-4(7)8;2-1(3)4/h1-2H2,(H,5,6)(H,7,8);2H. The van der Waals surface area contributed by atoms with Gasteiger partial charge in [0.25, 0.3) is 0 Å². The number of aliphatic carboxylic acids is 2. The molecule has 7 nitrogen and oxygen atoms in total. The maximum absolute atomic E-state index is 9.64. The topological polar surface area (TPSA) is 141 Å². The number of halogens is 1. The maximum atomic E-state index is 9.64. The van der Waals surface area contributed by atoms with Gasteiger partial charge in [0.05, 0.1) is 12.8 Å². The Morgan fingerprint density at radius 3 is 1.33 bits per heavy atom. The molecular formula is C4H7IO7. The summed E-state index contributed by atoms with van der Waals surface area (Å²) in [6, 6.07) is 0. The first-order valence-electron chi connectivity index (χ1n) is 2.54. The van der Waals surface area contributed by atoms with Crippen molar-refractivity contribution in [3.05, 3.63) is 0 Å². The average molecular weight is 294 g/mol. The third-order valence-electron chi connectivity index (χ3n) is 0.553. The fraction of sp³-hybridized carbons (Fsp3) is 0.500. The van der Waals surface area contributed by atoms with Gasteiger partial charge in [0.15, 0.2) is 0 Å². The highest BCUT2D eigenvalue weighted by Gasteiger charge is 2.00. The zero-order valence-electron chi connectivity index (χ0n) is 5.77. The number of carboxylic acids is 2. The third-order valence-corrected chi connectivity index (χ3v) is 0.553. The van der Waals surface area contributed by atoms with Crippen molar-refractivity contribution in [1.29, 1.82) is 0 Å². The lowest BCUT2D eigenvalue weighted by Crippen LogP contribution is -3.98. The molecule has 0 saturated heterocycles. The maximum Gasteiger partial charge on any atom is 0.503 e. The summed E-state index contributed by atoms with van der Waals surface area (Å²) >= 11 is -3.76. The van der Waals surface area contributed by atoms with Crippen LogP contribution < -0.4 is 27.9 Å². The SMILES string of the molecule is O=C(O)CCC(=O)O.[O-][I+2]([O-])O. The summed E-state index contributed by atoms with van der Waals surface area (Å²) < 4.78 is 24.5. The van der Waals surface area contributed by atoms with E-state index in [4.69, 9.17) is 20.5 Å². The summed E-state index contributed by atoms with van der Waals surface area (Å²) in [6.45, 7) is 0. The molecule has 0 spiro atoms. The Labute approximate surface area is 76.3 Å². The van der Waals surface area contributed by atoms with E-state index in [9.17, 15) is 9.59 Å². The number of carbonyl (C=O) groups is 2. The molecule has 0 aliphatic rings. The van der Waals surface area contributed by atoms with Crippen LogP contribution in [0.1, 0.15) is 12.8 Å². The Morgan fingerprint density at radius 1 is 1.08 bits per heavy atom. The van der Waals surface area contributed by atoms with Crippen LogP contribution in [0.15, 0.2) is 0 Å². The summed E-state index contributed by atoms with van der Waals surface area (Å²) in [5.74, 6) is -2.15. The minimum absolute atomic E-state index is 0.296. The molecule has 12 heavy (non-hydrogen) atoms. The monoisotopic (exact) mass is 294 g/mol. The minimum atomic E-state index is -3.76. The Morgan fingerprint density at radius 2 is 1.25 bits per heavy atom. The van der Waals surface area contributed by atoms with Crippen LogP contribution in [0.2, 0.25) is 0 Å². The zero-order chi connectivity index (χ0) is 10.1. The van der Waals surface area contributed by atoms with Gasteiger partial charge in [-0.1, -0.05) is 0 Å². The number of carboxylic acid groups (broad SMARTS) is 2. The molecule has 0 saturated carbocycles.